The largest absolute Gasteiger partial charge is 0.465 e. The molecule has 0 amide bonds. The number of carbonyl (C=O) groups excluding carboxylic acids is 2. The normalized spacial score (nSPS) is 11.0. The van der Waals surface area contributed by atoms with Gasteiger partial charge in [-0.2, -0.15) is 0 Å². The molecule has 4 nitrogen and oxygen atoms in total. The van der Waals surface area contributed by atoms with E-state index in [1.807, 2.05) is 6.07 Å². The van der Waals surface area contributed by atoms with Crippen LogP contribution >= 0.6 is 20.7 Å². The molecule has 0 aliphatic heterocycles. The highest BCUT2D eigenvalue weighted by molar-refractivity contribution is 7.00. The Balaban J connectivity index is 0.00000139. The van der Waals surface area contributed by atoms with Crippen molar-refractivity contribution in [1.29, 1.82) is 0 Å². The highest BCUT2D eigenvalue weighted by Gasteiger charge is 2.32. The molecule has 0 heterocycles. The first-order valence-corrected chi connectivity index (χ1v) is 8.15. The third kappa shape index (κ3) is 4.73. The van der Waals surface area contributed by atoms with Gasteiger partial charge in [0.25, 0.3) is 0 Å². The van der Waals surface area contributed by atoms with Gasteiger partial charge < -0.3 is 4.74 Å². The van der Waals surface area contributed by atoms with Crippen LogP contribution in [0.5, 0.6) is 0 Å². The van der Waals surface area contributed by atoms with E-state index < -0.39 is 11.9 Å². The van der Waals surface area contributed by atoms with E-state index in [-0.39, 0.29) is 12.4 Å². The van der Waals surface area contributed by atoms with E-state index in [4.69, 9.17) is 20.9 Å². The number of hydrogen-bond donors (Lipinski definition) is 0. The maximum absolute atomic E-state index is 12.9. The molecule has 0 N–H and O–H groups in total. The van der Waals surface area contributed by atoms with Crippen molar-refractivity contribution in [2.45, 2.75) is 19.8 Å². The van der Waals surface area contributed by atoms with Crippen LogP contribution < -0.4 is 0 Å². The lowest BCUT2D eigenvalue weighted by Crippen LogP contribution is -2.25. The number of ether oxygens (including phenoxy) is 1. The molecule has 0 aliphatic rings. The molecule has 0 aliphatic carbocycles. The molecule has 24 heavy (non-hydrogen) atoms. The Bertz CT molecular complexity index is 683. The minimum Gasteiger partial charge on any atom is -0.465 e. The second-order valence-electron chi connectivity index (χ2n) is 4.89. The van der Waals surface area contributed by atoms with Crippen LogP contribution in [0.15, 0.2) is 48.5 Å². The summed E-state index contributed by atoms with van der Waals surface area (Å²) in [5, 5.41) is 0.343. The van der Waals surface area contributed by atoms with Crippen LogP contribution in [0.2, 0.25) is 5.02 Å². The Morgan fingerprint density at radius 1 is 1.08 bits per heavy atom. The second kappa shape index (κ2) is 9.96. The molecule has 2 aromatic carbocycles. The molecule has 2 unspecified atom stereocenters. The van der Waals surface area contributed by atoms with E-state index in [2.05, 4.69) is 0 Å². The van der Waals surface area contributed by atoms with Gasteiger partial charge in [-0.1, -0.05) is 58.6 Å². The molecule has 0 fully saturated rings. The second-order valence-corrected chi connectivity index (χ2v) is 5.30. The zero-order chi connectivity index (χ0) is 18.1. The van der Waals surface area contributed by atoms with E-state index in [1.165, 1.54) is 9.12 Å². The van der Waals surface area contributed by atoms with Gasteiger partial charge in [0.1, 0.15) is 5.92 Å². The predicted molar refractivity (Wildman–Crippen MR) is 96.7 cm³/mol. The molecule has 2 aromatic rings. The van der Waals surface area contributed by atoms with Gasteiger partial charge in [-0.05, 0) is 31.0 Å². The molecule has 126 valence electrons. The van der Waals surface area contributed by atoms with Crippen molar-refractivity contribution in [3.05, 3.63) is 70.2 Å². The Labute approximate surface area is 148 Å². The fraction of sp³-hybridized carbons (Fsp3) is 0.222. The predicted octanol–water partition coefficient (Wildman–Crippen LogP) is 4.39. The van der Waals surface area contributed by atoms with Crippen LogP contribution in [0.25, 0.3) is 0 Å². The number of hydrogen-bond acceptors (Lipinski definition) is 4. The molecule has 6 heteroatoms. The number of carbonyl (C=O) groups is 2. The van der Waals surface area contributed by atoms with Gasteiger partial charge in [-0.3, -0.25) is 9.59 Å². The van der Waals surface area contributed by atoms with E-state index in [0.717, 1.165) is 5.56 Å². The van der Waals surface area contributed by atoms with Crippen molar-refractivity contribution in [3.8, 4) is 0 Å². The first kappa shape index (κ1) is 20.0. The van der Waals surface area contributed by atoms with Gasteiger partial charge in [-0.15, -0.1) is 0 Å². The van der Waals surface area contributed by atoms with Crippen LogP contribution in [-0.2, 0) is 14.1 Å². The van der Waals surface area contributed by atoms with E-state index in [0.29, 0.717) is 16.1 Å². The molecule has 2 atom stereocenters. The highest BCUT2D eigenvalue weighted by Crippen LogP contribution is 2.28. The Morgan fingerprint density at radius 3 is 2.25 bits per heavy atom. The van der Waals surface area contributed by atoms with Crippen LogP contribution in [0, 0.1) is 6.92 Å². The zero-order valence-electron chi connectivity index (χ0n) is 13.5. The highest BCUT2D eigenvalue weighted by atomic mass is 35.5. The summed E-state index contributed by atoms with van der Waals surface area (Å²) in [4.78, 5) is 25.2. The van der Waals surface area contributed by atoms with Crippen molar-refractivity contribution in [3.63, 3.8) is 0 Å². The van der Waals surface area contributed by atoms with Crippen molar-refractivity contribution < 1.29 is 18.9 Å². The van der Waals surface area contributed by atoms with Gasteiger partial charge in [0.15, 0.2) is 5.78 Å². The number of Topliss-reactive ketones (excluding diaryl/α,β-unsaturated/α-hetero) is 1. The molecule has 0 aromatic heterocycles. The van der Waals surface area contributed by atoms with Gasteiger partial charge in [0.2, 0.25) is 0 Å². The third-order valence-electron chi connectivity index (χ3n) is 3.39. The molecule has 0 saturated heterocycles. The first-order chi connectivity index (χ1) is 11.6. The molecule has 0 saturated carbocycles. The maximum atomic E-state index is 12.9. The van der Waals surface area contributed by atoms with E-state index >= 15 is 0 Å². The Morgan fingerprint density at radius 2 is 1.71 bits per heavy atom. The van der Waals surface area contributed by atoms with Crippen molar-refractivity contribution >= 4 is 32.5 Å². The van der Waals surface area contributed by atoms with Crippen molar-refractivity contribution in [1.82, 2.24) is 0 Å². The van der Waals surface area contributed by atoms with E-state index in [1.54, 1.807) is 56.3 Å². The number of rotatable bonds is 5. The fourth-order valence-corrected chi connectivity index (χ4v) is 2.67. The summed E-state index contributed by atoms with van der Waals surface area (Å²) < 4.78 is 13.2. The number of halogens is 1. The summed E-state index contributed by atoms with van der Waals surface area (Å²) >= 11 is 6.16. The number of aryl methyl sites for hydroxylation is 1. The third-order valence-corrected chi connectivity index (χ3v) is 3.70. The average molecular weight is 366 g/mol. The van der Waals surface area contributed by atoms with Gasteiger partial charge in [0.05, 0.1) is 11.6 Å². The Hall–Kier alpha value is -2.03. The number of esters is 1. The first-order valence-electron chi connectivity index (χ1n) is 7.30. The summed E-state index contributed by atoms with van der Waals surface area (Å²) in [5.74, 6) is -1.90. The van der Waals surface area contributed by atoms with Crippen LogP contribution in [0.4, 0.5) is 0 Å². The monoisotopic (exact) mass is 365 g/mol. The van der Waals surface area contributed by atoms with Gasteiger partial charge >= 0.3 is 15.1 Å². The zero-order valence-corrected chi connectivity index (χ0v) is 15.4. The van der Waals surface area contributed by atoms with Crippen molar-refractivity contribution in [2.75, 3.05) is 6.61 Å². The molecular weight excluding hydrogens is 347 g/mol. The summed E-state index contributed by atoms with van der Waals surface area (Å²) in [6.45, 7) is 3.73. The summed E-state index contributed by atoms with van der Waals surface area (Å²) in [6, 6.07) is 14.1. The fourth-order valence-electron chi connectivity index (χ4n) is 2.35. The van der Waals surface area contributed by atoms with Crippen LogP contribution in [0.1, 0.15) is 34.3 Å². The lowest BCUT2D eigenvalue weighted by Gasteiger charge is -2.17. The molecular formula is C18H19ClO4P+. The summed E-state index contributed by atoms with van der Waals surface area (Å²) in [6.07, 6.45) is 0. The average Bonchev–Trinajstić information content (AvgIpc) is 2.58. The number of benzene rings is 2. The SMILES string of the molecule is CCOC(=O)C(C(=O)c1c(C)cccc1Cl)c1ccccc1.O=[PH2+]. The topological polar surface area (TPSA) is 60.4 Å². The minimum absolute atomic E-state index is 0.219. The molecule has 2 rings (SSSR count). The van der Waals surface area contributed by atoms with Crippen LogP contribution in [-0.4, -0.2) is 18.4 Å². The van der Waals surface area contributed by atoms with Gasteiger partial charge in [-0.25, -0.2) is 0 Å². The molecule has 0 radical (unpaired) electrons. The standard InChI is InChI=1S/C18H17ClO3.H2OP/c1-3-22-18(21)16(13-9-5-4-6-10-13)17(20)15-12(2)8-7-11-14(15)19;1-2/h4-11,16H,3H2,1-2H3;2H2/q;+1. The maximum Gasteiger partial charge on any atom is 0.321 e. The Kier molecular flexibility index (Phi) is 8.31. The minimum atomic E-state index is -1.00. The smallest absolute Gasteiger partial charge is 0.321 e. The van der Waals surface area contributed by atoms with Crippen molar-refractivity contribution in [2.24, 2.45) is 0 Å². The molecule has 0 spiro atoms. The lowest BCUT2D eigenvalue weighted by molar-refractivity contribution is -0.143. The summed E-state index contributed by atoms with van der Waals surface area (Å²) in [7, 11) is 1.17. The van der Waals surface area contributed by atoms with Crippen LogP contribution in [0.3, 0.4) is 0 Å². The van der Waals surface area contributed by atoms with Gasteiger partial charge in [0, 0.05) is 5.56 Å². The quantitative estimate of drug-likeness (QED) is 0.341. The number of ketones is 1. The summed E-state index contributed by atoms with van der Waals surface area (Å²) in [5.41, 5.74) is 1.71. The lowest BCUT2D eigenvalue weighted by atomic mass is 9.89. The molecule has 0 bridgehead atoms. The van der Waals surface area contributed by atoms with E-state index in [9.17, 15) is 9.59 Å².